The highest BCUT2D eigenvalue weighted by Gasteiger charge is 2.27. The summed E-state index contributed by atoms with van der Waals surface area (Å²) in [6.07, 6.45) is 3.42. The highest BCUT2D eigenvalue weighted by Crippen LogP contribution is 2.48. The lowest BCUT2D eigenvalue weighted by molar-refractivity contribution is 0.350. The fraction of sp³-hybridized carbons (Fsp3) is 0.571. The number of ether oxygens (including phenoxy) is 2. The van der Waals surface area contributed by atoms with Gasteiger partial charge in [0.15, 0.2) is 11.5 Å². The van der Waals surface area contributed by atoms with E-state index in [9.17, 15) is 0 Å². The number of fused-ring (bicyclic) bond motifs is 1. The molecule has 18 heavy (non-hydrogen) atoms. The summed E-state index contributed by atoms with van der Waals surface area (Å²) < 4.78 is 12.1. The highest BCUT2D eigenvalue weighted by molar-refractivity contribution is 9.10. The van der Waals surface area contributed by atoms with Crippen LogP contribution in [0.3, 0.4) is 0 Å². The highest BCUT2D eigenvalue weighted by atomic mass is 79.9. The molecule has 0 heterocycles. The average molecular weight is 378 g/mol. The summed E-state index contributed by atoms with van der Waals surface area (Å²) in [6, 6.07) is 2.01. The average Bonchev–Trinajstić information content (AvgIpc) is 2.49. The minimum absolute atomic E-state index is 0.325. The van der Waals surface area contributed by atoms with E-state index in [2.05, 4.69) is 38.8 Å². The Morgan fingerprint density at radius 3 is 2.61 bits per heavy atom. The molecule has 0 N–H and O–H groups in total. The van der Waals surface area contributed by atoms with Crippen LogP contribution >= 0.6 is 31.9 Å². The van der Waals surface area contributed by atoms with Crippen molar-refractivity contribution < 1.29 is 9.47 Å². The van der Waals surface area contributed by atoms with Gasteiger partial charge in [0.2, 0.25) is 0 Å². The molecule has 0 saturated heterocycles. The van der Waals surface area contributed by atoms with Crippen molar-refractivity contribution in [2.45, 2.75) is 31.0 Å². The summed E-state index contributed by atoms with van der Waals surface area (Å²) in [4.78, 5) is 0.325. The first-order chi connectivity index (χ1) is 8.58. The second-order valence-electron chi connectivity index (χ2n) is 4.83. The predicted molar refractivity (Wildman–Crippen MR) is 81.0 cm³/mol. The van der Waals surface area contributed by atoms with E-state index in [1.165, 1.54) is 17.5 Å². The van der Waals surface area contributed by atoms with Crippen LogP contribution in [-0.4, -0.2) is 14.2 Å². The number of benzene rings is 1. The Balaban J connectivity index is 2.62. The largest absolute Gasteiger partial charge is 0.493 e. The Kier molecular flexibility index (Phi) is 4.59. The summed E-state index contributed by atoms with van der Waals surface area (Å²) in [5, 5.41) is 0. The van der Waals surface area contributed by atoms with E-state index in [0.29, 0.717) is 10.7 Å². The molecule has 0 amide bonds. The number of methoxy groups -OCH3 is 2. The summed E-state index contributed by atoms with van der Waals surface area (Å²) in [5.74, 6) is 2.37. The molecule has 1 aliphatic carbocycles. The minimum atomic E-state index is 0.325. The molecule has 0 radical (unpaired) electrons. The van der Waals surface area contributed by atoms with E-state index >= 15 is 0 Å². The van der Waals surface area contributed by atoms with Gasteiger partial charge in [0, 0.05) is 14.9 Å². The van der Waals surface area contributed by atoms with Crippen molar-refractivity contribution in [3.63, 3.8) is 0 Å². The Morgan fingerprint density at radius 2 is 2.00 bits per heavy atom. The molecule has 0 bridgehead atoms. The number of halogens is 2. The number of rotatable bonds is 2. The van der Waals surface area contributed by atoms with Crippen LogP contribution in [0.1, 0.15) is 35.7 Å². The van der Waals surface area contributed by atoms with Gasteiger partial charge in [-0.05, 0) is 36.8 Å². The van der Waals surface area contributed by atoms with Crippen LogP contribution in [0.15, 0.2) is 10.5 Å². The number of hydrogen-bond acceptors (Lipinski definition) is 2. The first-order valence-corrected chi connectivity index (χ1v) is 7.86. The Hall–Kier alpha value is -0.220. The van der Waals surface area contributed by atoms with Crippen molar-refractivity contribution >= 4 is 31.9 Å². The van der Waals surface area contributed by atoms with E-state index in [0.717, 1.165) is 28.8 Å². The van der Waals surface area contributed by atoms with Crippen LogP contribution in [-0.2, 0) is 6.42 Å². The van der Waals surface area contributed by atoms with Gasteiger partial charge >= 0.3 is 0 Å². The Morgan fingerprint density at radius 1 is 1.28 bits per heavy atom. The van der Waals surface area contributed by atoms with E-state index in [1.807, 2.05) is 6.07 Å². The van der Waals surface area contributed by atoms with E-state index in [4.69, 9.17) is 9.47 Å². The lowest BCUT2D eigenvalue weighted by atomic mass is 10.0. The van der Waals surface area contributed by atoms with Crippen LogP contribution in [0, 0.1) is 5.92 Å². The molecule has 0 fully saturated rings. The Bertz CT molecular complexity index is 446. The molecule has 0 aliphatic heterocycles. The molecule has 2 atom stereocenters. The molecule has 0 aromatic heterocycles. The smallest absolute Gasteiger partial charge is 0.165 e. The third-order valence-electron chi connectivity index (χ3n) is 3.57. The molecule has 1 aromatic carbocycles. The van der Waals surface area contributed by atoms with Gasteiger partial charge < -0.3 is 9.47 Å². The molecule has 0 spiro atoms. The minimum Gasteiger partial charge on any atom is -0.493 e. The second-order valence-corrected chi connectivity index (χ2v) is 6.79. The maximum atomic E-state index is 5.58. The van der Waals surface area contributed by atoms with Crippen LogP contribution in [0.4, 0.5) is 0 Å². The number of alkyl halides is 1. The third kappa shape index (κ3) is 2.55. The molecule has 1 aliphatic rings. The fourth-order valence-electron chi connectivity index (χ4n) is 2.59. The van der Waals surface area contributed by atoms with E-state index in [1.54, 1.807) is 14.2 Å². The molecule has 2 unspecified atom stereocenters. The molecule has 0 saturated carbocycles. The standard InChI is InChI=1S/C14H18Br2O2/c1-8-4-5-9-10(15)7-12(17-2)14(18-3)13(9)11(16)6-8/h7-8,11H,4-6H2,1-3H3. The molecule has 2 nitrogen and oxygen atoms in total. The van der Waals surface area contributed by atoms with Crippen molar-refractivity contribution in [3.8, 4) is 11.5 Å². The summed E-state index contributed by atoms with van der Waals surface area (Å²) >= 11 is 7.47. The molecule has 100 valence electrons. The second kappa shape index (κ2) is 5.83. The van der Waals surface area contributed by atoms with Crippen LogP contribution in [0.5, 0.6) is 11.5 Å². The maximum absolute atomic E-state index is 5.58. The van der Waals surface area contributed by atoms with Gasteiger partial charge in [-0.1, -0.05) is 38.8 Å². The molecule has 1 aromatic rings. The van der Waals surface area contributed by atoms with Gasteiger partial charge in [0.1, 0.15) is 0 Å². The van der Waals surface area contributed by atoms with Gasteiger partial charge in [-0.25, -0.2) is 0 Å². The van der Waals surface area contributed by atoms with Crippen LogP contribution in [0.2, 0.25) is 0 Å². The van der Waals surface area contributed by atoms with Crippen molar-refractivity contribution in [1.29, 1.82) is 0 Å². The zero-order valence-electron chi connectivity index (χ0n) is 10.9. The summed E-state index contributed by atoms with van der Waals surface area (Å²) in [7, 11) is 3.39. The van der Waals surface area contributed by atoms with Gasteiger partial charge in [-0.3, -0.25) is 0 Å². The SMILES string of the molecule is COc1cc(Br)c2c(c1OC)C(Br)CC(C)CC2. The topological polar surface area (TPSA) is 18.5 Å². The zero-order valence-corrected chi connectivity index (χ0v) is 14.1. The van der Waals surface area contributed by atoms with E-state index < -0.39 is 0 Å². The van der Waals surface area contributed by atoms with E-state index in [-0.39, 0.29) is 0 Å². The number of hydrogen-bond donors (Lipinski definition) is 0. The van der Waals surface area contributed by atoms with Crippen molar-refractivity contribution in [1.82, 2.24) is 0 Å². The lowest BCUT2D eigenvalue weighted by Crippen LogP contribution is -2.02. The maximum Gasteiger partial charge on any atom is 0.165 e. The molecule has 2 rings (SSSR count). The van der Waals surface area contributed by atoms with Crippen LogP contribution in [0.25, 0.3) is 0 Å². The van der Waals surface area contributed by atoms with Crippen molar-refractivity contribution in [2.75, 3.05) is 14.2 Å². The molecule has 4 heteroatoms. The zero-order chi connectivity index (χ0) is 13.3. The van der Waals surface area contributed by atoms with Crippen molar-refractivity contribution in [2.24, 2.45) is 5.92 Å². The molecular formula is C14H18Br2O2. The fourth-order valence-corrected chi connectivity index (χ4v) is 4.34. The molecular weight excluding hydrogens is 360 g/mol. The van der Waals surface area contributed by atoms with Gasteiger partial charge in [-0.15, -0.1) is 0 Å². The van der Waals surface area contributed by atoms with Gasteiger partial charge in [0.25, 0.3) is 0 Å². The quantitative estimate of drug-likeness (QED) is 0.540. The first kappa shape index (κ1) is 14.2. The predicted octanol–water partition coefficient (Wildman–Crippen LogP) is 4.87. The summed E-state index contributed by atoms with van der Waals surface area (Å²) in [6.45, 7) is 2.30. The van der Waals surface area contributed by atoms with Gasteiger partial charge in [-0.2, -0.15) is 0 Å². The Labute approximate surface area is 125 Å². The monoisotopic (exact) mass is 376 g/mol. The van der Waals surface area contributed by atoms with Gasteiger partial charge in [0.05, 0.1) is 14.2 Å². The lowest BCUT2D eigenvalue weighted by Gasteiger charge is -2.20. The van der Waals surface area contributed by atoms with Crippen LogP contribution < -0.4 is 9.47 Å². The summed E-state index contributed by atoms with van der Waals surface area (Å²) in [5.41, 5.74) is 2.59. The first-order valence-electron chi connectivity index (χ1n) is 6.15. The normalized spacial score (nSPS) is 23.2. The van der Waals surface area contributed by atoms with Crippen molar-refractivity contribution in [3.05, 3.63) is 21.7 Å². The third-order valence-corrected chi connectivity index (χ3v) is 5.11.